The molecule has 0 bridgehead atoms. The molecule has 0 aliphatic heterocycles. The fourth-order valence-corrected chi connectivity index (χ4v) is 12.3. The van der Waals surface area contributed by atoms with Crippen LogP contribution in [-0.4, -0.2) is 4.57 Å². The Kier molecular flexibility index (Phi) is 10.1. The van der Waals surface area contributed by atoms with E-state index in [9.17, 15) is 0 Å². The van der Waals surface area contributed by atoms with Gasteiger partial charge in [-0.2, -0.15) is 0 Å². The van der Waals surface area contributed by atoms with Crippen molar-refractivity contribution < 1.29 is 0 Å². The van der Waals surface area contributed by atoms with Gasteiger partial charge in [-0.25, -0.2) is 0 Å². The van der Waals surface area contributed by atoms with Crippen LogP contribution in [0.5, 0.6) is 0 Å². The van der Waals surface area contributed by atoms with Gasteiger partial charge < -0.3 is 9.47 Å². The summed E-state index contributed by atoms with van der Waals surface area (Å²) in [6.07, 6.45) is 0. The number of nitrogens with zero attached hydrogens (tertiary/aromatic N) is 2. The molecule has 0 saturated carbocycles. The van der Waals surface area contributed by atoms with Gasteiger partial charge in [0.1, 0.15) is 0 Å². The van der Waals surface area contributed by atoms with E-state index in [4.69, 9.17) is 0 Å². The number of benzene rings is 12. The molecule has 0 radical (unpaired) electrons. The molecular formula is C71H48N2. The lowest BCUT2D eigenvalue weighted by molar-refractivity contribution is 0.768. The van der Waals surface area contributed by atoms with Crippen LogP contribution in [0.4, 0.5) is 17.1 Å². The van der Waals surface area contributed by atoms with Crippen molar-refractivity contribution in [1.82, 2.24) is 4.57 Å². The van der Waals surface area contributed by atoms with Crippen LogP contribution in [0, 0.1) is 0 Å². The third kappa shape index (κ3) is 6.65. The van der Waals surface area contributed by atoms with Crippen LogP contribution < -0.4 is 4.90 Å². The summed E-state index contributed by atoms with van der Waals surface area (Å²) in [7, 11) is 0. The molecule has 0 unspecified atom stereocenters. The van der Waals surface area contributed by atoms with Crippen molar-refractivity contribution in [3.05, 3.63) is 313 Å². The molecule has 2 heteroatoms. The Labute approximate surface area is 426 Å². The van der Waals surface area contributed by atoms with Crippen LogP contribution in [0.15, 0.2) is 291 Å². The molecule has 1 aromatic heterocycles. The van der Waals surface area contributed by atoms with Crippen molar-refractivity contribution in [2.75, 3.05) is 4.90 Å². The Bertz CT molecular complexity index is 4150. The molecule has 0 atom stereocenters. The second kappa shape index (κ2) is 17.4. The average Bonchev–Trinajstić information content (AvgIpc) is 4.00. The smallest absolute Gasteiger partial charge is 0.0714 e. The first kappa shape index (κ1) is 42.4. The highest BCUT2D eigenvalue weighted by Gasteiger charge is 2.47. The van der Waals surface area contributed by atoms with E-state index in [1.165, 1.54) is 88.2 Å². The maximum Gasteiger partial charge on any atom is 0.0714 e. The SMILES string of the molecule is c1ccc(-c2cccc3cccc(-c4ccccc4N(c4cccc(-c5cccc6c5c5ccccc5n6-c5ccccc5)c4)c4cccc5c4-c4ccccc4C5(c4ccccc4)c4ccccc4)c23)cc1. The summed E-state index contributed by atoms with van der Waals surface area (Å²) in [6.45, 7) is 0. The number of rotatable bonds is 9. The average molecular weight is 929 g/mol. The standard InChI is InChI=1S/C71H48N2/c1-5-24-49(25-6-1)56-39-20-26-50-27-21-41-59(68(50)56)58-36-14-17-44-64(58)73(55-35-19-28-51(48-55)57-40-22-46-66-69(57)61-38-15-18-45-65(61)72(66)54-33-11-4-12-34-54)67-47-23-43-63-70(67)60-37-13-16-42-62(60)71(63,52-29-7-2-8-30-52)53-31-9-3-10-32-53/h1-48H. The third-order valence-electron chi connectivity index (χ3n) is 15.3. The quantitative estimate of drug-likeness (QED) is 0.140. The van der Waals surface area contributed by atoms with E-state index >= 15 is 0 Å². The number of hydrogen-bond donors (Lipinski definition) is 0. The van der Waals surface area contributed by atoms with Crippen LogP contribution in [0.25, 0.3) is 82.8 Å². The zero-order chi connectivity index (χ0) is 48.3. The minimum absolute atomic E-state index is 0.569. The molecule has 1 aliphatic rings. The summed E-state index contributed by atoms with van der Waals surface area (Å²) in [5, 5.41) is 4.90. The first-order valence-corrected chi connectivity index (χ1v) is 25.3. The second-order valence-corrected chi connectivity index (χ2v) is 19.1. The lowest BCUT2D eigenvalue weighted by Gasteiger charge is -2.34. The van der Waals surface area contributed by atoms with Gasteiger partial charge in [0, 0.05) is 33.3 Å². The van der Waals surface area contributed by atoms with E-state index in [-0.39, 0.29) is 0 Å². The summed E-state index contributed by atoms with van der Waals surface area (Å²) in [5.74, 6) is 0. The topological polar surface area (TPSA) is 8.17 Å². The predicted molar refractivity (Wildman–Crippen MR) is 307 cm³/mol. The van der Waals surface area contributed by atoms with Gasteiger partial charge >= 0.3 is 0 Å². The Morgan fingerprint density at radius 1 is 0.315 bits per heavy atom. The minimum Gasteiger partial charge on any atom is -0.309 e. The van der Waals surface area contributed by atoms with Crippen LogP contribution >= 0.6 is 0 Å². The summed E-state index contributed by atoms with van der Waals surface area (Å²) < 4.78 is 2.41. The summed E-state index contributed by atoms with van der Waals surface area (Å²) in [4.78, 5) is 2.55. The Balaban J connectivity index is 1.07. The predicted octanol–water partition coefficient (Wildman–Crippen LogP) is 18.8. The van der Waals surface area contributed by atoms with Gasteiger partial charge in [-0.1, -0.05) is 243 Å². The second-order valence-electron chi connectivity index (χ2n) is 19.1. The Morgan fingerprint density at radius 2 is 0.822 bits per heavy atom. The van der Waals surface area contributed by atoms with Crippen LogP contribution in [0.1, 0.15) is 22.3 Å². The maximum absolute atomic E-state index is 2.55. The fraction of sp³-hybridized carbons (Fsp3) is 0.0141. The van der Waals surface area contributed by atoms with E-state index in [0.29, 0.717) is 0 Å². The first-order valence-electron chi connectivity index (χ1n) is 25.3. The van der Waals surface area contributed by atoms with Crippen molar-refractivity contribution in [3.63, 3.8) is 0 Å². The highest BCUT2D eigenvalue weighted by Crippen LogP contribution is 2.60. The van der Waals surface area contributed by atoms with E-state index in [1.54, 1.807) is 0 Å². The minimum atomic E-state index is -0.569. The van der Waals surface area contributed by atoms with Crippen molar-refractivity contribution in [1.29, 1.82) is 0 Å². The summed E-state index contributed by atoms with van der Waals surface area (Å²) in [5.41, 5.74) is 20.8. The molecule has 0 fully saturated rings. The Hall–Kier alpha value is -9.50. The van der Waals surface area contributed by atoms with Crippen molar-refractivity contribution >= 4 is 49.6 Å². The highest BCUT2D eigenvalue weighted by molar-refractivity contribution is 6.16. The van der Waals surface area contributed by atoms with Crippen molar-refractivity contribution in [2.45, 2.75) is 5.41 Å². The normalized spacial score (nSPS) is 12.5. The molecular weight excluding hydrogens is 881 g/mol. The molecule has 13 aromatic rings. The molecule has 73 heavy (non-hydrogen) atoms. The van der Waals surface area contributed by atoms with E-state index in [1.807, 2.05) is 0 Å². The van der Waals surface area contributed by atoms with Crippen molar-refractivity contribution in [2.24, 2.45) is 0 Å². The van der Waals surface area contributed by atoms with Crippen LogP contribution in [-0.2, 0) is 5.41 Å². The van der Waals surface area contributed by atoms with Crippen molar-refractivity contribution in [3.8, 4) is 50.2 Å². The zero-order valence-corrected chi connectivity index (χ0v) is 40.1. The number of hydrogen-bond acceptors (Lipinski definition) is 1. The molecule has 0 spiro atoms. The lowest BCUT2D eigenvalue weighted by Crippen LogP contribution is -2.28. The molecule has 342 valence electrons. The van der Waals surface area contributed by atoms with Gasteiger partial charge in [-0.15, -0.1) is 0 Å². The van der Waals surface area contributed by atoms with Crippen LogP contribution in [0.3, 0.4) is 0 Å². The maximum atomic E-state index is 2.55. The number of anilines is 3. The monoisotopic (exact) mass is 928 g/mol. The Morgan fingerprint density at radius 3 is 1.58 bits per heavy atom. The number of aromatic nitrogens is 1. The van der Waals surface area contributed by atoms with Crippen LogP contribution in [0.2, 0.25) is 0 Å². The van der Waals surface area contributed by atoms with Gasteiger partial charge in [0.05, 0.1) is 27.8 Å². The molecule has 0 N–H and O–H groups in total. The van der Waals surface area contributed by atoms with Gasteiger partial charge in [0.15, 0.2) is 0 Å². The molecule has 0 amide bonds. The molecule has 1 heterocycles. The number of fused-ring (bicyclic) bond motifs is 7. The van der Waals surface area contributed by atoms with Gasteiger partial charge in [0.2, 0.25) is 0 Å². The third-order valence-corrected chi connectivity index (χ3v) is 15.3. The van der Waals surface area contributed by atoms with Gasteiger partial charge in [-0.05, 0) is 115 Å². The van der Waals surface area contributed by atoms with Gasteiger partial charge in [0.25, 0.3) is 0 Å². The summed E-state index contributed by atoms with van der Waals surface area (Å²) >= 11 is 0. The summed E-state index contributed by atoms with van der Waals surface area (Å²) in [6, 6.07) is 107. The molecule has 1 aliphatic carbocycles. The molecule has 12 aromatic carbocycles. The molecule has 14 rings (SSSR count). The van der Waals surface area contributed by atoms with E-state index in [2.05, 4.69) is 301 Å². The zero-order valence-electron chi connectivity index (χ0n) is 40.1. The van der Waals surface area contributed by atoms with Gasteiger partial charge in [-0.3, -0.25) is 0 Å². The van der Waals surface area contributed by atoms with E-state index < -0.39 is 5.41 Å². The largest absolute Gasteiger partial charge is 0.309 e. The van der Waals surface area contributed by atoms with E-state index in [0.717, 1.165) is 33.9 Å². The highest BCUT2D eigenvalue weighted by atomic mass is 15.1. The molecule has 0 saturated heterocycles. The lowest BCUT2D eigenvalue weighted by atomic mass is 9.68. The fourth-order valence-electron chi connectivity index (χ4n) is 12.3. The first-order chi connectivity index (χ1) is 36.3. The molecule has 2 nitrogen and oxygen atoms in total. The number of para-hydroxylation sites is 3.